The van der Waals surface area contributed by atoms with Crippen molar-refractivity contribution < 1.29 is 15.0 Å². The van der Waals surface area contributed by atoms with E-state index in [9.17, 15) is 15.0 Å². The topological polar surface area (TPSA) is 57.5 Å². The lowest BCUT2D eigenvalue weighted by atomic mass is 9.45. The van der Waals surface area contributed by atoms with Crippen molar-refractivity contribution in [1.29, 1.82) is 0 Å². The zero-order chi connectivity index (χ0) is 15.7. The van der Waals surface area contributed by atoms with Gasteiger partial charge in [-0.15, -0.1) is 0 Å². The SMILES string of the molecule is C[C@]12CC[C@@H](O)C(=O)[C@H]1CC[C@@H]1[C@@H]2CC[C@]2(C)C(O)CC[C@@H]12. The molecule has 2 N–H and O–H groups in total. The average Bonchev–Trinajstić information content (AvgIpc) is 2.79. The van der Waals surface area contributed by atoms with Gasteiger partial charge in [-0.2, -0.15) is 0 Å². The fourth-order valence-electron chi connectivity index (χ4n) is 7.08. The zero-order valence-corrected chi connectivity index (χ0v) is 13.9. The van der Waals surface area contributed by atoms with Gasteiger partial charge in [-0.25, -0.2) is 0 Å². The number of carbonyl (C=O) groups is 1. The predicted octanol–water partition coefficient (Wildman–Crippen LogP) is 2.93. The molecule has 0 aliphatic heterocycles. The van der Waals surface area contributed by atoms with Crippen LogP contribution in [0.25, 0.3) is 0 Å². The molecule has 22 heavy (non-hydrogen) atoms. The van der Waals surface area contributed by atoms with Crippen LogP contribution < -0.4 is 0 Å². The summed E-state index contributed by atoms with van der Waals surface area (Å²) in [5.41, 5.74) is 0.205. The van der Waals surface area contributed by atoms with Gasteiger partial charge in [0, 0.05) is 5.92 Å². The molecule has 8 atom stereocenters. The minimum atomic E-state index is -0.711. The molecular weight excluding hydrogens is 276 g/mol. The smallest absolute Gasteiger partial charge is 0.164 e. The van der Waals surface area contributed by atoms with Gasteiger partial charge in [-0.1, -0.05) is 13.8 Å². The molecular formula is C19H30O3. The van der Waals surface area contributed by atoms with Gasteiger partial charge >= 0.3 is 0 Å². The fraction of sp³-hybridized carbons (Fsp3) is 0.947. The summed E-state index contributed by atoms with van der Waals surface area (Å²) in [4.78, 5) is 12.5. The molecule has 4 fully saturated rings. The summed E-state index contributed by atoms with van der Waals surface area (Å²) < 4.78 is 0. The Morgan fingerprint density at radius 3 is 2.32 bits per heavy atom. The highest BCUT2D eigenvalue weighted by molar-refractivity contribution is 5.86. The normalized spacial score (nSPS) is 57.9. The first-order valence-corrected chi connectivity index (χ1v) is 9.28. The molecule has 1 unspecified atom stereocenters. The van der Waals surface area contributed by atoms with Crippen LogP contribution in [-0.4, -0.2) is 28.2 Å². The molecule has 124 valence electrons. The van der Waals surface area contributed by atoms with Gasteiger partial charge in [0.2, 0.25) is 0 Å². The second-order valence-corrected chi connectivity index (χ2v) is 9.11. The third-order valence-electron chi connectivity index (χ3n) is 8.45. The van der Waals surface area contributed by atoms with Crippen LogP contribution >= 0.6 is 0 Å². The van der Waals surface area contributed by atoms with Gasteiger partial charge in [0.15, 0.2) is 5.78 Å². The third kappa shape index (κ3) is 1.78. The van der Waals surface area contributed by atoms with Crippen LogP contribution in [0.1, 0.15) is 65.2 Å². The number of aliphatic hydroxyl groups is 2. The van der Waals surface area contributed by atoms with E-state index in [-0.39, 0.29) is 28.6 Å². The van der Waals surface area contributed by atoms with E-state index < -0.39 is 6.10 Å². The second kappa shape index (κ2) is 4.80. The Hall–Kier alpha value is -0.410. The molecule has 0 aromatic rings. The Labute approximate surface area is 133 Å². The predicted molar refractivity (Wildman–Crippen MR) is 84.1 cm³/mol. The summed E-state index contributed by atoms with van der Waals surface area (Å²) in [6.07, 6.45) is 7.28. The Morgan fingerprint density at radius 1 is 0.864 bits per heavy atom. The van der Waals surface area contributed by atoms with Crippen molar-refractivity contribution in [2.24, 2.45) is 34.5 Å². The van der Waals surface area contributed by atoms with Gasteiger partial charge in [-0.05, 0) is 80.0 Å². The van der Waals surface area contributed by atoms with Crippen LogP contribution in [0.3, 0.4) is 0 Å². The highest BCUT2D eigenvalue weighted by atomic mass is 16.3. The monoisotopic (exact) mass is 306 g/mol. The summed E-state index contributed by atoms with van der Waals surface area (Å²) >= 11 is 0. The largest absolute Gasteiger partial charge is 0.393 e. The maximum atomic E-state index is 12.5. The number of fused-ring (bicyclic) bond motifs is 5. The highest BCUT2D eigenvalue weighted by Crippen LogP contribution is 2.65. The molecule has 4 aliphatic carbocycles. The molecule has 4 aliphatic rings. The highest BCUT2D eigenvalue weighted by Gasteiger charge is 2.61. The van der Waals surface area contributed by atoms with E-state index in [0.29, 0.717) is 24.2 Å². The maximum Gasteiger partial charge on any atom is 0.164 e. The van der Waals surface area contributed by atoms with E-state index in [1.165, 1.54) is 0 Å². The minimum absolute atomic E-state index is 0.0770. The van der Waals surface area contributed by atoms with Crippen LogP contribution in [0, 0.1) is 34.5 Å². The van der Waals surface area contributed by atoms with Crippen LogP contribution in [0.15, 0.2) is 0 Å². The number of hydrogen-bond acceptors (Lipinski definition) is 3. The molecule has 0 spiro atoms. The molecule has 0 bridgehead atoms. The molecule has 0 radical (unpaired) electrons. The standard InChI is InChI=1S/C19H30O3/c1-18-10-8-15(20)17(22)14(18)4-3-11-12-5-6-16(21)19(12,2)9-7-13(11)18/h11-16,20-21H,3-10H2,1-2H3/t11-,12-,13-,14+,15+,16?,18+,19-/m0/s1. The van der Waals surface area contributed by atoms with Crippen molar-refractivity contribution in [2.45, 2.75) is 77.4 Å². The number of rotatable bonds is 0. The van der Waals surface area contributed by atoms with Gasteiger partial charge < -0.3 is 10.2 Å². The molecule has 0 aromatic heterocycles. The van der Waals surface area contributed by atoms with Crippen molar-refractivity contribution in [2.75, 3.05) is 0 Å². The van der Waals surface area contributed by atoms with Gasteiger partial charge in [-0.3, -0.25) is 4.79 Å². The van der Waals surface area contributed by atoms with Gasteiger partial charge in [0.25, 0.3) is 0 Å². The molecule has 4 saturated carbocycles. The van der Waals surface area contributed by atoms with Crippen molar-refractivity contribution >= 4 is 5.78 Å². The van der Waals surface area contributed by atoms with Crippen molar-refractivity contribution in [3.8, 4) is 0 Å². The van der Waals surface area contributed by atoms with E-state index in [4.69, 9.17) is 0 Å². The number of aliphatic hydroxyl groups excluding tert-OH is 2. The first kappa shape index (κ1) is 15.1. The summed E-state index contributed by atoms with van der Waals surface area (Å²) in [7, 11) is 0. The summed E-state index contributed by atoms with van der Waals surface area (Å²) in [6.45, 7) is 4.63. The first-order valence-electron chi connectivity index (χ1n) is 9.28. The second-order valence-electron chi connectivity index (χ2n) is 9.11. The van der Waals surface area contributed by atoms with Crippen molar-refractivity contribution in [3.63, 3.8) is 0 Å². The van der Waals surface area contributed by atoms with Crippen LogP contribution in [0.5, 0.6) is 0 Å². The number of carbonyl (C=O) groups excluding carboxylic acids is 1. The van der Waals surface area contributed by atoms with E-state index in [1.807, 2.05) is 0 Å². The Bertz CT molecular complexity index is 489. The number of hydrogen-bond donors (Lipinski definition) is 2. The van der Waals surface area contributed by atoms with E-state index >= 15 is 0 Å². The third-order valence-corrected chi connectivity index (χ3v) is 8.45. The summed E-state index contributed by atoms with van der Waals surface area (Å²) in [5, 5.41) is 20.4. The lowest BCUT2D eigenvalue weighted by molar-refractivity contribution is -0.161. The Balaban J connectivity index is 1.65. The van der Waals surface area contributed by atoms with Gasteiger partial charge in [0.1, 0.15) is 6.10 Å². The van der Waals surface area contributed by atoms with Gasteiger partial charge in [0.05, 0.1) is 6.10 Å². The average molecular weight is 306 g/mol. The molecule has 0 heterocycles. The first-order chi connectivity index (χ1) is 10.4. The lowest BCUT2D eigenvalue weighted by Gasteiger charge is -2.60. The van der Waals surface area contributed by atoms with Crippen molar-refractivity contribution in [1.82, 2.24) is 0 Å². The number of ketones is 1. The number of Topliss-reactive ketones (excluding diaryl/α,β-unsaturated/α-hetero) is 1. The lowest BCUT2D eigenvalue weighted by Crippen LogP contribution is -2.57. The van der Waals surface area contributed by atoms with E-state index in [0.717, 1.165) is 44.9 Å². The molecule has 0 aromatic carbocycles. The van der Waals surface area contributed by atoms with Crippen LogP contribution in [0.2, 0.25) is 0 Å². The van der Waals surface area contributed by atoms with E-state index in [1.54, 1.807) is 0 Å². The Morgan fingerprint density at radius 2 is 1.55 bits per heavy atom. The molecule has 0 saturated heterocycles. The molecule has 3 nitrogen and oxygen atoms in total. The van der Waals surface area contributed by atoms with Crippen molar-refractivity contribution in [3.05, 3.63) is 0 Å². The molecule has 0 amide bonds. The fourth-order valence-corrected chi connectivity index (χ4v) is 7.08. The molecule has 3 heteroatoms. The Kier molecular flexibility index (Phi) is 3.30. The van der Waals surface area contributed by atoms with Crippen LogP contribution in [0.4, 0.5) is 0 Å². The van der Waals surface area contributed by atoms with E-state index in [2.05, 4.69) is 13.8 Å². The molecule has 4 rings (SSSR count). The quantitative estimate of drug-likeness (QED) is 0.723. The maximum absolute atomic E-state index is 12.5. The summed E-state index contributed by atoms with van der Waals surface area (Å²) in [6, 6.07) is 0. The summed E-state index contributed by atoms with van der Waals surface area (Å²) in [5.74, 6) is 2.13. The minimum Gasteiger partial charge on any atom is -0.393 e. The zero-order valence-electron chi connectivity index (χ0n) is 13.9. The van der Waals surface area contributed by atoms with Crippen LogP contribution in [-0.2, 0) is 4.79 Å².